The normalized spacial score (nSPS) is 41.6. The monoisotopic (exact) mass is 288 g/mol. The Morgan fingerprint density at radius 2 is 1.95 bits per heavy atom. The lowest BCUT2D eigenvalue weighted by Crippen LogP contribution is -2.61. The zero-order valence-corrected chi connectivity index (χ0v) is 11.7. The predicted molar refractivity (Wildman–Crippen MR) is 64.5 cm³/mol. The lowest BCUT2D eigenvalue weighted by Gasteiger charge is -2.43. The van der Waals surface area contributed by atoms with Gasteiger partial charge in [-0.2, -0.15) is 0 Å². The first-order chi connectivity index (χ1) is 9.70. The summed E-state index contributed by atoms with van der Waals surface area (Å²) in [6.45, 7) is 4.53. The van der Waals surface area contributed by atoms with E-state index in [1.807, 2.05) is 13.8 Å². The fraction of sp³-hybridized carbons (Fsp3) is 0.923. The molecule has 6 unspecified atom stereocenters. The van der Waals surface area contributed by atoms with Crippen molar-refractivity contribution < 1.29 is 33.2 Å². The van der Waals surface area contributed by atoms with Crippen LogP contribution in [0.5, 0.6) is 0 Å². The Morgan fingerprint density at radius 1 is 1.20 bits per heavy atom. The summed E-state index contributed by atoms with van der Waals surface area (Å²) in [6, 6.07) is 0. The number of carbonyl (C=O) groups is 1. The Kier molecular flexibility index (Phi) is 4.23. The Hall–Kier alpha value is -0.730. The van der Waals surface area contributed by atoms with Gasteiger partial charge < -0.3 is 28.4 Å². The minimum atomic E-state index is -0.768. The van der Waals surface area contributed by atoms with Crippen LogP contribution in [-0.2, 0) is 33.2 Å². The zero-order valence-electron chi connectivity index (χ0n) is 11.7. The van der Waals surface area contributed by atoms with Gasteiger partial charge in [0, 0.05) is 0 Å². The molecule has 0 bridgehead atoms. The van der Waals surface area contributed by atoms with E-state index < -0.39 is 12.4 Å². The second-order valence-corrected chi connectivity index (χ2v) is 5.29. The van der Waals surface area contributed by atoms with E-state index in [1.165, 1.54) is 0 Å². The first kappa shape index (κ1) is 14.2. The Morgan fingerprint density at radius 3 is 2.75 bits per heavy atom. The molecule has 7 nitrogen and oxygen atoms in total. The molecule has 7 heteroatoms. The summed E-state index contributed by atoms with van der Waals surface area (Å²) in [4.78, 5) is 11.9. The zero-order chi connectivity index (χ0) is 14.1. The molecule has 0 aromatic rings. The number of hydrogen-bond acceptors (Lipinski definition) is 7. The van der Waals surface area contributed by atoms with Gasteiger partial charge in [0.15, 0.2) is 6.10 Å². The summed E-state index contributed by atoms with van der Waals surface area (Å²) in [5, 5.41) is 0. The molecule has 0 saturated carbocycles. The molecule has 20 heavy (non-hydrogen) atoms. The van der Waals surface area contributed by atoms with Crippen LogP contribution in [0.15, 0.2) is 0 Å². The number of fused-ring (bicyclic) bond motifs is 3. The highest BCUT2D eigenvalue weighted by atomic mass is 16.8. The van der Waals surface area contributed by atoms with Gasteiger partial charge in [-0.25, -0.2) is 0 Å². The van der Waals surface area contributed by atoms with Gasteiger partial charge in [0.1, 0.15) is 31.9 Å². The molecule has 0 aliphatic carbocycles. The molecule has 0 radical (unpaired) electrons. The van der Waals surface area contributed by atoms with Crippen LogP contribution in [0, 0.1) is 5.92 Å². The highest BCUT2D eigenvalue weighted by molar-refractivity contribution is 5.72. The van der Waals surface area contributed by atoms with E-state index >= 15 is 0 Å². The van der Waals surface area contributed by atoms with Crippen LogP contribution in [0.4, 0.5) is 0 Å². The predicted octanol–water partition coefficient (Wildman–Crippen LogP) is 0.415. The highest BCUT2D eigenvalue weighted by Crippen LogP contribution is 2.34. The molecule has 0 aromatic carbocycles. The fourth-order valence-corrected chi connectivity index (χ4v) is 2.56. The molecule has 3 aliphatic heterocycles. The van der Waals surface area contributed by atoms with E-state index in [0.717, 1.165) is 6.42 Å². The van der Waals surface area contributed by atoms with Gasteiger partial charge in [-0.1, -0.05) is 13.8 Å². The molecular weight excluding hydrogens is 268 g/mol. The van der Waals surface area contributed by atoms with E-state index in [4.69, 9.17) is 28.4 Å². The van der Waals surface area contributed by atoms with E-state index in [9.17, 15) is 4.79 Å². The van der Waals surface area contributed by atoms with Gasteiger partial charge >= 0.3 is 5.97 Å². The molecule has 3 rings (SSSR count). The van der Waals surface area contributed by atoms with Crippen LogP contribution in [0.2, 0.25) is 0 Å². The lowest BCUT2D eigenvalue weighted by molar-refractivity contribution is -0.315. The van der Waals surface area contributed by atoms with Crippen molar-refractivity contribution in [3.05, 3.63) is 0 Å². The summed E-state index contributed by atoms with van der Waals surface area (Å²) >= 11 is 0. The third kappa shape index (κ3) is 2.56. The Labute approximate surface area is 117 Å². The molecule has 3 fully saturated rings. The van der Waals surface area contributed by atoms with Gasteiger partial charge in [-0.05, 0) is 6.42 Å². The second kappa shape index (κ2) is 5.95. The van der Waals surface area contributed by atoms with E-state index in [0.29, 0.717) is 6.61 Å². The third-order valence-corrected chi connectivity index (χ3v) is 3.99. The molecule has 0 spiro atoms. The quantitative estimate of drug-likeness (QED) is 0.697. The molecule has 114 valence electrons. The van der Waals surface area contributed by atoms with Crippen molar-refractivity contribution in [1.29, 1.82) is 0 Å². The van der Waals surface area contributed by atoms with Gasteiger partial charge in [0.05, 0.1) is 12.5 Å². The molecule has 6 atom stereocenters. The van der Waals surface area contributed by atoms with Crippen LogP contribution in [0.1, 0.15) is 20.3 Å². The van der Waals surface area contributed by atoms with Crippen molar-refractivity contribution in [2.45, 2.75) is 51.0 Å². The molecule has 0 amide bonds. The summed E-state index contributed by atoms with van der Waals surface area (Å²) in [7, 11) is 0. The number of rotatable bonds is 3. The molecule has 3 saturated heterocycles. The number of ether oxygens (including phenoxy) is 6. The van der Waals surface area contributed by atoms with Gasteiger partial charge in [0.25, 0.3) is 0 Å². The van der Waals surface area contributed by atoms with Gasteiger partial charge in [0.2, 0.25) is 6.29 Å². The Bertz CT molecular complexity index is 361. The minimum Gasteiger partial charge on any atom is -0.432 e. The summed E-state index contributed by atoms with van der Waals surface area (Å²) in [6.07, 6.45) is -1.32. The lowest BCUT2D eigenvalue weighted by atomic mass is 9.98. The van der Waals surface area contributed by atoms with Crippen LogP contribution >= 0.6 is 0 Å². The van der Waals surface area contributed by atoms with Gasteiger partial charge in [-0.15, -0.1) is 0 Å². The first-order valence-corrected chi connectivity index (χ1v) is 6.99. The van der Waals surface area contributed by atoms with Crippen molar-refractivity contribution in [3.8, 4) is 0 Å². The largest absolute Gasteiger partial charge is 0.432 e. The molecule has 3 aliphatic rings. The van der Waals surface area contributed by atoms with Crippen molar-refractivity contribution >= 4 is 5.97 Å². The third-order valence-electron chi connectivity index (χ3n) is 3.99. The van der Waals surface area contributed by atoms with Crippen LogP contribution in [0.25, 0.3) is 0 Å². The summed E-state index contributed by atoms with van der Waals surface area (Å²) < 4.78 is 33.0. The van der Waals surface area contributed by atoms with E-state index in [-0.39, 0.29) is 43.8 Å². The number of hydrogen-bond donors (Lipinski definition) is 0. The van der Waals surface area contributed by atoms with E-state index in [1.54, 1.807) is 0 Å². The van der Waals surface area contributed by atoms with Crippen molar-refractivity contribution in [1.82, 2.24) is 0 Å². The number of carbonyl (C=O) groups excluding carboxylic acids is 1. The molecule has 0 aromatic heterocycles. The minimum absolute atomic E-state index is 0.156. The maximum absolute atomic E-state index is 11.9. The standard InChI is InChI=1S/C13H20O7/c1-3-7(2)12(14)20-13-11-10(17-6-18-11)9-8(19-13)4-15-5-16-9/h7-11,13H,3-6H2,1-2H3. The van der Waals surface area contributed by atoms with Crippen LogP contribution in [-0.4, -0.2) is 56.9 Å². The average Bonchev–Trinajstić information content (AvgIpc) is 2.96. The number of esters is 1. The molecular formula is C13H20O7. The SMILES string of the molecule is CCC(C)C(=O)OC1OC2COCOC2C2OCOC12. The molecule has 0 N–H and O–H groups in total. The van der Waals surface area contributed by atoms with Crippen molar-refractivity contribution in [2.75, 3.05) is 20.2 Å². The first-order valence-electron chi connectivity index (χ1n) is 6.99. The topological polar surface area (TPSA) is 72.5 Å². The maximum atomic E-state index is 11.9. The average molecular weight is 288 g/mol. The smallest absolute Gasteiger partial charge is 0.311 e. The van der Waals surface area contributed by atoms with Crippen LogP contribution in [0.3, 0.4) is 0 Å². The molecule has 3 heterocycles. The Balaban J connectivity index is 1.69. The highest BCUT2D eigenvalue weighted by Gasteiger charge is 2.53. The fourth-order valence-electron chi connectivity index (χ4n) is 2.56. The second-order valence-electron chi connectivity index (χ2n) is 5.29. The maximum Gasteiger partial charge on any atom is 0.311 e. The van der Waals surface area contributed by atoms with Gasteiger partial charge in [-0.3, -0.25) is 4.79 Å². The summed E-state index contributed by atoms with van der Waals surface area (Å²) in [5.41, 5.74) is 0. The summed E-state index contributed by atoms with van der Waals surface area (Å²) in [5.74, 6) is -0.459. The van der Waals surface area contributed by atoms with Crippen LogP contribution < -0.4 is 0 Å². The van der Waals surface area contributed by atoms with Crippen molar-refractivity contribution in [3.63, 3.8) is 0 Å². The van der Waals surface area contributed by atoms with Crippen molar-refractivity contribution in [2.24, 2.45) is 5.92 Å². The van der Waals surface area contributed by atoms with E-state index in [2.05, 4.69) is 0 Å².